The highest BCUT2D eigenvalue weighted by atomic mass is 32.1. The summed E-state index contributed by atoms with van der Waals surface area (Å²) in [4.78, 5) is 19.6. The van der Waals surface area contributed by atoms with Crippen LogP contribution in [0.1, 0.15) is 43.3 Å². The zero-order valence-electron chi connectivity index (χ0n) is 18.9. The maximum absolute atomic E-state index is 13.1. The van der Waals surface area contributed by atoms with E-state index in [1.54, 1.807) is 23.3 Å². The molecule has 31 heavy (non-hydrogen) atoms. The number of methoxy groups -OCH3 is 1. The number of thiazole rings is 1. The molecule has 1 amide bonds. The first-order chi connectivity index (χ1) is 14.9. The Morgan fingerprint density at radius 2 is 1.87 bits per heavy atom. The first-order valence-corrected chi connectivity index (χ1v) is 11.2. The van der Waals surface area contributed by atoms with Gasteiger partial charge in [0, 0.05) is 24.6 Å². The number of benzene rings is 2. The predicted molar refractivity (Wildman–Crippen MR) is 125 cm³/mol. The van der Waals surface area contributed by atoms with Crippen LogP contribution in [0.25, 0.3) is 0 Å². The Kier molecular flexibility index (Phi) is 7.82. The molecule has 0 N–H and O–H groups in total. The Hall–Kier alpha value is -2.70. The molecule has 0 aliphatic carbocycles. The minimum atomic E-state index is -0.00758. The molecule has 0 saturated heterocycles. The van der Waals surface area contributed by atoms with Crippen molar-refractivity contribution in [1.82, 2.24) is 9.88 Å². The Bertz CT molecular complexity index is 1040. The third-order valence-corrected chi connectivity index (χ3v) is 6.17. The number of aryl methyl sites for hydroxylation is 3. The summed E-state index contributed by atoms with van der Waals surface area (Å²) in [6, 6.07) is 11.9. The molecule has 0 aliphatic rings. The van der Waals surface area contributed by atoms with E-state index in [1.807, 2.05) is 36.6 Å². The summed E-state index contributed by atoms with van der Waals surface area (Å²) in [5.74, 6) is 0.887. The molecule has 6 heteroatoms. The third-order valence-electron chi connectivity index (χ3n) is 5.30. The lowest BCUT2D eigenvalue weighted by Crippen LogP contribution is -2.34. The Balaban J connectivity index is 1.69. The Morgan fingerprint density at radius 1 is 1.10 bits per heavy atom. The molecule has 3 aromatic rings. The van der Waals surface area contributed by atoms with Gasteiger partial charge in [-0.3, -0.25) is 4.79 Å². The van der Waals surface area contributed by atoms with E-state index >= 15 is 0 Å². The summed E-state index contributed by atoms with van der Waals surface area (Å²) < 4.78 is 11.3. The van der Waals surface area contributed by atoms with Gasteiger partial charge in [-0.2, -0.15) is 0 Å². The van der Waals surface area contributed by atoms with Gasteiger partial charge in [0.15, 0.2) is 0 Å². The van der Waals surface area contributed by atoms with Gasteiger partial charge >= 0.3 is 0 Å². The quantitative estimate of drug-likeness (QED) is 0.458. The summed E-state index contributed by atoms with van der Waals surface area (Å²) in [5.41, 5.74) is 6.09. The van der Waals surface area contributed by atoms with Crippen LogP contribution in [-0.4, -0.2) is 36.1 Å². The van der Waals surface area contributed by atoms with Gasteiger partial charge in [-0.05, 0) is 62.1 Å². The van der Waals surface area contributed by atoms with Crippen LogP contribution >= 0.6 is 11.3 Å². The molecule has 2 aromatic carbocycles. The van der Waals surface area contributed by atoms with Crippen molar-refractivity contribution in [2.45, 2.75) is 40.8 Å². The molecule has 1 heterocycles. The molecular formula is C25H30N2O3S. The predicted octanol–water partition coefficient (Wildman–Crippen LogP) is 5.24. The highest BCUT2D eigenvalue weighted by molar-refractivity contribution is 7.09. The lowest BCUT2D eigenvalue weighted by atomic mass is 10.1. The molecule has 5 nitrogen and oxygen atoms in total. The fourth-order valence-corrected chi connectivity index (χ4v) is 4.11. The van der Waals surface area contributed by atoms with Gasteiger partial charge in [-0.1, -0.05) is 24.3 Å². The minimum Gasteiger partial charge on any atom is -0.486 e. The van der Waals surface area contributed by atoms with E-state index in [1.165, 1.54) is 11.1 Å². The topological polar surface area (TPSA) is 51.7 Å². The largest absolute Gasteiger partial charge is 0.486 e. The van der Waals surface area contributed by atoms with E-state index in [0.29, 0.717) is 31.9 Å². The lowest BCUT2D eigenvalue weighted by Gasteiger charge is -2.22. The van der Waals surface area contributed by atoms with Crippen molar-refractivity contribution < 1.29 is 14.3 Å². The number of hydrogen-bond acceptors (Lipinski definition) is 5. The second-order valence-electron chi connectivity index (χ2n) is 7.76. The molecular weight excluding hydrogens is 408 g/mol. The van der Waals surface area contributed by atoms with Crippen molar-refractivity contribution in [1.29, 1.82) is 0 Å². The first-order valence-electron chi connectivity index (χ1n) is 10.4. The van der Waals surface area contributed by atoms with Gasteiger partial charge in [0.2, 0.25) is 0 Å². The zero-order valence-corrected chi connectivity index (χ0v) is 19.7. The fourth-order valence-electron chi connectivity index (χ4n) is 3.41. The molecule has 0 aliphatic heterocycles. The van der Waals surface area contributed by atoms with Crippen molar-refractivity contribution in [2.75, 3.05) is 20.3 Å². The van der Waals surface area contributed by atoms with Crippen LogP contribution in [0.5, 0.6) is 5.75 Å². The minimum absolute atomic E-state index is 0.00758. The maximum atomic E-state index is 13.1. The van der Waals surface area contributed by atoms with Crippen LogP contribution in [-0.2, 0) is 17.9 Å². The van der Waals surface area contributed by atoms with Crippen LogP contribution in [0.2, 0.25) is 0 Å². The summed E-state index contributed by atoms with van der Waals surface area (Å²) >= 11 is 1.55. The van der Waals surface area contributed by atoms with Crippen molar-refractivity contribution in [2.24, 2.45) is 0 Å². The van der Waals surface area contributed by atoms with Gasteiger partial charge in [0.1, 0.15) is 17.4 Å². The van der Waals surface area contributed by atoms with E-state index < -0.39 is 0 Å². The van der Waals surface area contributed by atoms with Crippen molar-refractivity contribution in [3.63, 3.8) is 0 Å². The number of amides is 1. The van der Waals surface area contributed by atoms with E-state index in [4.69, 9.17) is 14.5 Å². The molecule has 0 unspecified atom stereocenters. The molecule has 0 spiro atoms. The van der Waals surface area contributed by atoms with Crippen molar-refractivity contribution in [3.05, 3.63) is 80.3 Å². The molecule has 1 aromatic heterocycles. The van der Waals surface area contributed by atoms with Crippen molar-refractivity contribution >= 4 is 17.2 Å². The Morgan fingerprint density at radius 3 is 2.61 bits per heavy atom. The normalized spacial score (nSPS) is 10.9. The first kappa shape index (κ1) is 23.0. The van der Waals surface area contributed by atoms with E-state index in [-0.39, 0.29) is 5.91 Å². The summed E-state index contributed by atoms with van der Waals surface area (Å²) in [6.45, 7) is 10.0. The third kappa shape index (κ3) is 5.93. The summed E-state index contributed by atoms with van der Waals surface area (Å²) in [7, 11) is 1.64. The van der Waals surface area contributed by atoms with Crippen LogP contribution in [0.3, 0.4) is 0 Å². The van der Waals surface area contributed by atoms with Gasteiger partial charge < -0.3 is 14.4 Å². The van der Waals surface area contributed by atoms with Gasteiger partial charge in [-0.25, -0.2) is 4.98 Å². The SMILES string of the molecule is COCCN(Cc1csc(COc2cc(C)cc(C)c2C)n1)C(=O)c1ccccc1C. The van der Waals surface area contributed by atoms with Crippen LogP contribution in [0, 0.1) is 27.7 Å². The van der Waals surface area contributed by atoms with Crippen molar-refractivity contribution in [3.8, 4) is 5.75 Å². The second-order valence-corrected chi connectivity index (χ2v) is 8.70. The van der Waals surface area contributed by atoms with Gasteiger partial charge in [0.25, 0.3) is 5.91 Å². The molecule has 0 fully saturated rings. The number of hydrogen-bond donors (Lipinski definition) is 0. The molecule has 0 radical (unpaired) electrons. The monoisotopic (exact) mass is 438 g/mol. The molecule has 0 saturated carbocycles. The zero-order chi connectivity index (χ0) is 22.4. The van der Waals surface area contributed by atoms with Crippen LogP contribution in [0.4, 0.5) is 0 Å². The lowest BCUT2D eigenvalue weighted by molar-refractivity contribution is 0.0677. The van der Waals surface area contributed by atoms with E-state index in [0.717, 1.165) is 27.6 Å². The van der Waals surface area contributed by atoms with Crippen LogP contribution < -0.4 is 4.74 Å². The maximum Gasteiger partial charge on any atom is 0.254 e. The molecule has 0 atom stereocenters. The number of carbonyl (C=O) groups is 1. The van der Waals surface area contributed by atoms with Crippen LogP contribution in [0.15, 0.2) is 41.8 Å². The van der Waals surface area contributed by atoms with Gasteiger partial charge in [-0.15, -0.1) is 11.3 Å². The molecule has 164 valence electrons. The highest BCUT2D eigenvalue weighted by Crippen LogP contribution is 2.25. The number of nitrogens with zero attached hydrogens (tertiary/aromatic N) is 2. The number of rotatable bonds is 9. The average molecular weight is 439 g/mol. The molecule has 0 bridgehead atoms. The second kappa shape index (κ2) is 10.6. The summed E-state index contributed by atoms with van der Waals surface area (Å²) in [6.07, 6.45) is 0. The fraction of sp³-hybridized carbons (Fsp3) is 0.360. The average Bonchev–Trinajstić information content (AvgIpc) is 3.20. The number of aromatic nitrogens is 1. The smallest absolute Gasteiger partial charge is 0.254 e. The molecule has 3 rings (SSSR count). The standard InChI is InChI=1S/C25H30N2O3S/c1-17-12-19(3)20(4)23(13-17)30-15-24-26-21(16-31-24)14-27(10-11-29-5)25(28)22-9-7-6-8-18(22)2/h6-9,12-13,16H,10-11,14-15H2,1-5H3. The van der Waals surface area contributed by atoms with E-state index in [9.17, 15) is 4.79 Å². The van der Waals surface area contributed by atoms with E-state index in [2.05, 4.69) is 32.9 Å². The highest BCUT2D eigenvalue weighted by Gasteiger charge is 2.19. The summed E-state index contributed by atoms with van der Waals surface area (Å²) in [5, 5.41) is 2.89. The number of ether oxygens (including phenoxy) is 2. The number of carbonyl (C=O) groups excluding carboxylic acids is 1. The Labute approximate surface area is 188 Å². The van der Waals surface area contributed by atoms with Gasteiger partial charge in [0.05, 0.1) is 18.8 Å².